The molecular weight excluding hydrogens is 284 g/mol. The summed E-state index contributed by atoms with van der Waals surface area (Å²) in [6.07, 6.45) is 0. The van der Waals surface area contributed by atoms with Gasteiger partial charge in [-0.25, -0.2) is 0 Å². The zero-order valence-electron chi connectivity index (χ0n) is 11.5. The van der Waals surface area contributed by atoms with E-state index in [1.807, 2.05) is 43.3 Å². The summed E-state index contributed by atoms with van der Waals surface area (Å²) in [5.74, 6) is 1.73. The van der Waals surface area contributed by atoms with Crippen LogP contribution in [0.15, 0.2) is 57.9 Å². The van der Waals surface area contributed by atoms with Gasteiger partial charge in [0.1, 0.15) is 5.75 Å². The predicted octanol–water partition coefficient (Wildman–Crippen LogP) is 4.04. The highest BCUT2D eigenvalue weighted by Crippen LogP contribution is 2.29. The molecule has 0 spiro atoms. The lowest BCUT2D eigenvalue weighted by atomic mass is 10.1. The van der Waals surface area contributed by atoms with Crippen molar-refractivity contribution in [3.8, 4) is 17.2 Å². The summed E-state index contributed by atoms with van der Waals surface area (Å²) in [6.45, 7) is 1.92. The molecule has 0 amide bonds. The molecule has 106 valence electrons. The van der Waals surface area contributed by atoms with Crippen LogP contribution < -0.4 is 0 Å². The Balaban J connectivity index is 1.74. The second-order valence-electron chi connectivity index (χ2n) is 4.64. The molecular formula is C16H14N2O2S. The SMILES string of the molecule is Cc1ccc(-c2nc(CSc3ccccc3)no2)c(O)c1. The third-order valence-electron chi connectivity index (χ3n) is 2.96. The molecule has 5 heteroatoms. The summed E-state index contributed by atoms with van der Waals surface area (Å²) >= 11 is 1.64. The van der Waals surface area contributed by atoms with E-state index in [-0.39, 0.29) is 5.75 Å². The van der Waals surface area contributed by atoms with E-state index in [4.69, 9.17) is 4.52 Å². The maximum atomic E-state index is 9.93. The average molecular weight is 298 g/mol. The van der Waals surface area contributed by atoms with Gasteiger partial charge >= 0.3 is 0 Å². The summed E-state index contributed by atoms with van der Waals surface area (Å²) in [4.78, 5) is 5.48. The number of thioether (sulfide) groups is 1. The number of phenolic OH excluding ortho intramolecular Hbond substituents is 1. The molecule has 0 aliphatic carbocycles. The van der Waals surface area contributed by atoms with Gasteiger partial charge in [-0.3, -0.25) is 0 Å². The minimum atomic E-state index is 0.154. The largest absolute Gasteiger partial charge is 0.507 e. The fourth-order valence-corrected chi connectivity index (χ4v) is 2.67. The van der Waals surface area contributed by atoms with Crippen LogP contribution in [-0.4, -0.2) is 15.2 Å². The van der Waals surface area contributed by atoms with Crippen molar-refractivity contribution in [3.63, 3.8) is 0 Å². The molecule has 1 heterocycles. The van der Waals surface area contributed by atoms with Crippen LogP contribution >= 0.6 is 11.8 Å². The van der Waals surface area contributed by atoms with Crippen molar-refractivity contribution in [1.29, 1.82) is 0 Å². The molecule has 21 heavy (non-hydrogen) atoms. The summed E-state index contributed by atoms with van der Waals surface area (Å²) in [5, 5.41) is 13.9. The van der Waals surface area contributed by atoms with Crippen LogP contribution in [0.5, 0.6) is 5.75 Å². The Morgan fingerprint density at radius 1 is 1.14 bits per heavy atom. The normalized spacial score (nSPS) is 10.7. The van der Waals surface area contributed by atoms with Crippen LogP contribution in [0.1, 0.15) is 11.4 Å². The molecule has 3 aromatic rings. The zero-order valence-corrected chi connectivity index (χ0v) is 12.3. The van der Waals surface area contributed by atoms with Crippen molar-refractivity contribution in [2.45, 2.75) is 17.6 Å². The predicted molar refractivity (Wildman–Crippen MR) is 82.1 cm³/mol. The average Bonchev–Trinajstić information content (AvgIpc) is 2.95. The second kappa shape index (κ2) is 6.01. The van der Waals surface area contributed by atoms with Gasteiger partial charge in [0.05, 0.1) is 11.3 Å². The first-order valence-corrected chi connectivity index (χ1v) is 7.51. The topological polar surface area (TPSA) is 59.2 Å². The van der Waals surface area contributed by atoms with E-state index in [1.54, 1.807) is 23.9 Å². The van der Waals surface area contributed by atoms with E-state index in [9.17, 15) is 5.11 Å². The molecule has 0 atom stereocenters. The van der Waals surface area contributed by atoms with Gasteiger partial charge in [0.25, 0.3) is 5.89 Å². The number of aromatic nitrogens is 2. The minimum Gasteiger partial charge on any atom is -0.507 e. The van der Waals surface area contributed by atoms with Gasteiger partial charge in [-0.2, -0.15) is 4.98 Å². The van der Waals surface area contributed by atoms with Crippen LogP contribution in [0.2, 0.25) is 0 Å². The van der Waals surface area contributed by atoms with E-state index in [2.05, 4.69) is 10.1 Å². The van der Waals surface area contributed by atoms with Gasteiger partial charge in [-0.15, -0.1) is 11.8 Å². The first-order chi connectivity index (χ1) is 10.2. The summed E-state index contributed by atoms with van der Waals surface area (Å²) < 4.78 is 5.23. The zero-order chi connectivity index (χ0) is 14.7. The number of nitrogens with zero attached hydrogens (tertiary/aromatic N) is 2. The second-order valence-corrected chi connectivity index (χ2v) is 5.69. The van der Waals surface area contributed by atoms with Gasteiger partial charge in [-0.1, -0.05) is 29.4 Å². The Hall–Kier alpha value is -2.27. The Morgan fingerprint density at radius 3 is 2.71 bits per heavy atom. The lowest BCUT2D eigenvalue weighted by Gasteiger charge is -1.99. The van der Waals surface area contributed by atoms with E-state index in [1.165, 1.54) is 0 Å². The summed E-state index contributed by atoms with van der Waals surface area (Å²) in [7, 11) is 0. The van der Waals surface area contributed by atoms with Gasteiger partial charge in [-0.05, 0) is 36.8 Å². The summed E-state index contributed by atoms with van der Waals surface area (Å²) in [6, 6.07) is 15.4. The van der Waals surface area contributed by atoms with Crippen LogP contribution in [0.25, 0.3) is 11.5 Å². The van der Waals surface area contributed by atoms with E-state index in [0.29, 0.717) is 23.0 Å². The molecule has 2 aromatic carbocycles. The number of hydrogen-bond acceptors (Lipinski definition) is 5. The maximum Gasteiger partial charge on any atom is 0.261 e. The van der Waals surface area contributed by atoms with Crippen LogP contribution in [0, 0.1) is 6.92 Å². The molecule has 0 saturated heterocycles. The standard InChI is InChI=1S/C16H14N2O2S/c1-11-7-8-13(14(19)9-11)16-17-15(18-20-16)10-21-12-5-3-2-4-6-12/h2-9,19H,10H2,1H3. The fraction of sp³-hybridized carbons (Fsp3) is 0.125. The van der Waals surface area contributed by atoms with E-state index in [0.717, 1.165) is 10.5 Å². The van der Waals surface area contributed by atoms with Crippen LogP contribution in [0.4, 0.5) is 0 Å². The highest BCUT2D eigenvalue weighted by atomic mass is 32.2. The molecule has 4 nitrogen and oxygen atoms in total. The third kappa shape index (κ3) is 3.25. The molecule has 3 rings (SSSR count). The number of hydrogen-bond donors (Lipinski definition) is 1. The monoisotopic (exact) mass is 298 g/mol. The van der Waals surface area contributed by atoms with Crippen molar-refractivity contribution >= 4 is 11.8 Å². The smallest absolute Gasteiger partial charge is 0.261 e. The number of benzene rings is 2. The molecule has 0 radical (unpaired) electrons. The van der Waals surface area contributed by atoms with Crippen LogP contribution in [-0.2, 0) is 5.75 Å². The quantitative estimate of drug-likeness (QED) is 0.736. The molecule has 0 unspecified atom stereocenters. The molecule has 0 aliphatic rings. The maximum absolute atomic E-state index is 9.93. The Kier molecular flexibility index (Phi) is 3.92. The van der Waals surface area contributed by atoms with Gasteiger partial charge in [0, 0.05) is 4.90 Å². The first-order valence-electron chi connectivity index (χ1n) is 6.53. The molecule has 1 aromatic heterocycles. The molecule has 0 aliphatic heterocycles. The van der Waals surface area contributed by atoms with Crippen molar-refractivity contribution in [3.05, 3.63) is 59.9 Å². The minimum absolute atomic E-state index is 0.154. The molecule has 1 N–H and O–H groups in total. The summed E-state index contributed by atoms with van der Waals surface area (Å²) in [5.41, 5.74) is 1.54. The Bertz CT molecular complexity index is 741. The first kappa shape index (κ1) is 13.7. The van der Waals surface area contributed by atoms with Gasteiger partial charge in [0.2, 0.25) is 0 Å². The van der Waals surface area contributed by atoms with Crippen molar-refractivity contribution in [1.82, 2.24) is 10.1 Å². The van der Waals surface area contributed by atoms with Crippen molar-refractivity contribution in [2.75, 3.05) is 0 Å². The van der Waals surface area contributed by atoms with Crippen LogP contribution in [0.3, 0.4) is 0 Å². The highest BCUT2D eigenvalue weighted by Gasteiger charge is 2.13. The van der Waals surface area contributed by atoms with Gasteiger partial charge in [0.15, 0.2) is 5.82 Å². The van der Waals surface area contributed by atoms with E-state index >= 15 is 0 Å². The lowest BCUT2D eigenvalue weighted by Crippen LogP contribution is -1.85. The van der Waals surface area contributed by atoms with Crippen molar-refractivity contribution < 1.29 is 9.63 Å². The van der Waals surface area contributed by atoms with Gasteiger partial charge < -0.3 is 9.63 Å². The van der Waals surface area contributed by atoms with Crippen molar-refractivity contribution in [2.24, 2.45) is 0 Å². The number of aryl methyl sites for hydroxylation is 1. The molecule has 0 saturated carbocycles. The number of aromatic hydroxyl groups is 1. The number of rotatable bonds is 4. The number of phenols is 1. The van der Waals surface area contributed by atoms with E-state index < -0.39 is 0 Å². The molecule has 0 fully saturated rings. The fourth-order valence-electron chi connectivity index (χ4n) is 1.91. The molecule has 0 bridgehead atoms. The highest BCUT2D eigenvalue weighted by molar-refractivity contribution is 7.98. The Morgan fingerprint density at radius 2 is 1.95 bits per heavy atom. The lowest BCUT2D eigenvalue weighted by molar-refractivity contribution is 0.419. The third-order valence-corrected chi connectivity index (χ3v) is 3.97. The Labute approximate surface area is 126 Å².